The Kier molecular flexibility index (Phi) is 17.5. The van der Waals surface area contributed by atoms with Crippen molar-refractivity contribution in [2.45, 2.75) is 53.4 Å². The number of carbonyl (C=O) groups is 2. The van der Waals surface area contributed by atoms with Crippen LogP contribution in [0.3, 0.4) is 0 Å². The Morgan fingerprint density at radius 2 is 1.55 bits per heavy atom. The molecule has 0 saturated carbocycles. The van der Waals surface area contributed by atoms with Crippen LogP contribution in [0, 0.1) is 0 Å². The van der Waals surface area contributed by atoms with Gasteiger partial charge in [0, 0.05) is 43.3 Å². The summed E-state index contributed by atoms with van der Waals surface area (Å²) < 4.78 is 10.9. The van der Waals surface area contributed by atoms with Gasteiger partial charge in [-0.3, -0.25) is 4.79 Å². The second-order valence-electron chi connectivity index (χ2n) is 10.8. The molecule has 9 nitrogen and oxygen atoms in total. The fraction of sp³-hybridized carbons (Fsp3) is 0.514. The molecule has 0 radical (unpaired) electrons. The van der Waals surface area contributed by atoms with Gasteiger partial charge in [0.1, 0.15) is 6.61 Å². The molecule has 3 rings (SSSR count). The monoisotopic (exact) mass is 607 g/mol. The lowest BCUT2D eigenvalue weighted by Gasteiger charge is -2.18. The molecule has 242 valence electrons. The van der Waals surface area contributed by atoms with Gasteiger partial charge in [-0.1, -0.05) is 58.7 Å². The van der Waals surface area contributed by atoms with E-state index in [1.807, 2.05) is 55.4 Å². The van der Waals surface area contributed by atoms with E-state index in [0.717, 1.165) is 68.6 Å². The quantitative estimate of drug-likeness (QED) is 0.132. The topological polar surface area (TPSA) is 96.0 Å². The Bertz CT molecular complexity index is 1250. The summed E-state index contributed by atoms with van der Waals surface area (Å²) in [6, 6.07) is 16.9. The summed E-state index contributed by atoms with van der Waals surface area (Å²) in [6.07, 6.45) is 4.35. The number of unbranched alkanes of at least 4 members (excludes halogenated alkanes) is 2. The summed E-state index contributed by atoms with van der Waals surface area (Å²) >= 11 is 0. The van der Waals surface area contributed by atoms with Crippen LogP contribution in [0.5, 0.6) is 5.88 Å². The van der Waals surface area contributed by atoms with Crippen molar-refractivity contribution in [3.05, 3.63) is 65.7 Å². The first-order valence-corrected chi connectivity index (χ1v) is 16.0. The molecule has 2 N–H and O–H groups in total. The zero-order valence-corrected chi connectivity index (χ0v) is 27.7. The number of nitrogens with zero attached hydrogens (tertiary/aromatic N) is 3. The molecule has 9 heteroatoms. The van der Waals surface area contributed by atoms with Gasteiger partial charge in [-0.25, -0.2) is 9.78 Å². The molecule has 0 bridgehead atoms. The SMILES string of the molecule is CCCCNc1ccc(C(=O)OCCN(C)C)cc1.CCCCOc1cc(C(=O)NCCN(CC)CC)c2ccccc2n1. The van der Waals surface area contributed by atoms with Crippen molar-refractivity contribution < 1.29 is 19.1 Å². The fourth-order valence-electron chi connectivity index (χ4n) is 4.23. The van der Waals surface area contributed by atoms with E-state index in [0.29, 0.717) is 36.8 Å². The maximum Gasteiger partial charge on any atom is 0.338 e. The number of para-hydroxylation sites is 1. The van der Waals surface area contributed by atoms with Gasteiger partial charge in [0.15, 0.2) is 0 Å². The van der Waals surface area contributed by atoms with Crippen LogP contribution in [0.1, 0.15) is 74.1 Å². The standard InChI is InChI=1S/C20H29N3O2.C15H24N2O2/c1-4-7-14-25-19-15-17(16-10-8-9-11-18(16)22-19)20(24)21-12-13-23(5-2)6-3;1-4-5-10-16-14-8-6-13(7-9-14)15(18)19-12-11-17(2)3/h8-11,15H,4-7,12-14H2,1-3H3,(H,21,24);6-9,16H,4-5,10-12H2,1-3H3. The van der Waals surface area contributed by atoms with Crippen molar-refractivity contribution >= 4 is 28.5 Å². The first-order valence-electron chi connectivity index (χ1n) is 16.0. The van der Waals surface area contributed by atoms with E-state index in [-0.39, 0.29) is 11.9 Å². The molecule has 0 unspecified atom stereocenters. The lowest BCUT2D eigenvalue weighted by molar-refractivity contribution is 0.0481. The summed E-state index contributed by atoms with van der Waals surface area (Å²) in [7, 11) is 3.90. The molecule has 0 aliphatic heterocycles. The predicted octanol–water partition coefficient (Wildman–Crippen LogP) is 6.10. The van der Waals surface area contributed by atoms with E-state index in [2.05, 4.69) is 48.2 Å². The highest BCUT2D eigenvalue weighted by Crippen LogP contribution is 2.22. The summed E-state index contributed by atoms with van der Waals surface area (Å²) in [5.74, 6) is 0.175. The number of hydrogen-bond donors (Lipinski definition) is 2. The number of aromatic nitrogens is 1. The van der Waals surface area contributed by atoms with Crippen LogP contribution >= 0.6 is 0 Å². The number of benzene rings is 2. The highest BCUT2D eigenvalue weighted by molar-refractivity contribution is 6.06. The number of anilines is 1. The maximum atomic E-state index is 12.7. The van der Waals surface area contributed by atoms with Gasteiger partial charge in [0.25, 0.3) is 5.91 Å². The fourth-order valence-corrected chi connectivity index (χ4v) is 4.23. The molecule has 0 aliphatic carbocycles. The van der Waals surface area contributed by atoms with Gasteiger partial charge in [-0.05, 0) is 70.4 Å². The van der Waals surface area contributed by atoms with Crippen LogP contribution in [0.25, 0.3) is 10.9 Å². The summed E-state index contributed by atoms with van der Waals surface area (Å²) in [5, 5.41) is 7.18. The third-order valence-electron chi connectivity index (χ3n) is 7.04. The number of esters is 1. The van der Waals surface area contributed by atoms with Gasteiger partial charge in [0.05, 0.1) is 23.3 Å². The highest BCUT2D eigenvalue weighted by Gasteiger charge is 2.14. The van der Waals surface area contributed by atoms with E-state index in [1.165, 1.54) is 6.42 Å². The molecule has 1 aromatic heterocycles. The number of hydrogen-bond acceptors (Lipinski definition) is 8. The van der Waals surface area contributed by atoms with E-state index in [9.17, 15) is 9.59 Å². The second kappa shape index (κ2) is 21.1. The van der Waals surface area contributed by atoms with Crippen LogP contribution in [0.4, 0.5) is 5.69 Å². The Hall–Kier alpha value is -3.69. The molecule has 1 heterocycles. The lowest BCUT2D eigenvalue weighted by Crippen LogP contribution is -2.34. The minimum absolute atomic E-state index is 0.0777. The van der Waals surface area contributed by atoms with E-state index < -0.39 is 0 Å². The second-order valence-corrected chi connectivity index (χ2v) is 10.8. The van der Waals surface area contributed by atoms with Gasteiger partial charge < -0.3 is 29.9 Å². The number of ether oxygens (including phenoxy) is 2. The summed E-state index contributed by atoms with van der Waals surface area (Å²) in [6.45, 7) is 14.7. The third-order valence-corrected chi connectivity index (χ3v) is 7.04. The van der Waals surface area contributed by atoms with Crippen LogP contribution in [-0.2, 0) is 4.74 Å². The zero-order valence-electron chi connectivity index (χ0n) is 27.7. The average molecular weight is 608 g/mol. The molecular weight excluding hydrogens is 554 g/mol. The number of rotatable bonds is 18. The molecule has 3 aromatic rings. The van der Waals surface area contributed by atoms with Gasteiger partial charge >= 0.3 is 5.97 Å². The largest absolute Gasteiger partial charge is 0.478 e. The number of fused-ring (bicyclic) bond motifs is 1. The van der Waals surface area contributed by atoms with Crippen molar-refractivity contribution in [1.29, 1.82) is 0 Å². The highest BCUT2D eigenvalue weighted by atomic mass is 16.5. The van der Waals surface area contributed by atoms with Crippen LogP contribution in [0.15, 0.2) is 54.6 Å². The van der Waals surface area contributed by atoms with Gasteiger partial charge in [-0.2, -0.15) is 0 Å². The van der Waals surface area contributed by atoms with Crippen molar-refractivity contribution in [3.63, 3.8) is 0 Å². The van der Waals surface area contributed by atoms with E-state index in [4.69, 9.17) is 9.47 Å². The van der Waals surface area contributed by atoms with Crippen molar-refractivity contribution in [1.82, 2.24) is 20.1 Å². The van der Waals surface area contributed by atoms with E-state index in [1.54, 1.807) is 18.2 Å². The van der Waals surface area contributed by atoms with Crippen LogP contribution in [0.2, 0.25) is 0 Å². The molecule has 0 fully saturated rings. The Morgan fingerprint density at radius 3 is 2.20 bits per heavy atom. The molecule has 0 aliphatic rings. The number of pyridine rings is 1. The van der Waals surface area contributed by atoms with Gasteiger partial charge in [0.2, 0.25) is 5.88 Å². The zero-order chi connectivity index (χ0) is 32.2. The summed E-state index contributed by atoms with van der Waals surface area (Å²) in [4.78, 5) is 33.2. The Balaban J connectivity index is 0.000000319. The first-order chi connectivity index (χ1) is 21.3. The minimum atomic E-state index is -0.262. The molecular formula is C35H53N5O4. The maximum absolute atomic E-state index is 12.7. The molecule has 1 amide bonds. The molecule has 2 aromatic carbocycles. The van der Waals surface area contributed by atoms with Crippen LogP contribution in [-0.4, -0.2) is 93.2 Å². The van der Waals surface area contributed by atoms with Crippen molar-refractivity contribution in [2.24, 2.45) is 0 Å². The normalized spacial score (nSPS) is 10.8. The van der Waals surface area contributed by atoms with Gasteiger partial charge in [-0.15, -0.1) is 0 Å². The smallest absolute Gasteiger partial charge is 0.338 e. The molecule has 0 saturated heterocycles. The Morgan fingerprint density at radius 1 is 0.841 bits per heavy atom. The average Bonchev–Trinajstić information content (AvgIpc) is 3.03. The number of likely N-dealkylation sites (N-methyl/N-ethyl adjacent to an activating group) is 2. The lowest BCUT2D eigenvalue weighted by atomic mass is 10.1. The summed E-state index contributed by atoms with van der Waals surface area (Å²) in [5.41, 5.74) is 3.04. The molecule has 44 heavy (non-hydrogen) atoms. The minimum Gasteiger partial charge on any atom is -0.478 e. The van der Waals surface area contributed by atoms with E-state index >= 15 is 0 Å². The van der Waals surface area contributed by atoms with Crippen LogP contribution < -0.4 is 15.4 Å². The van der Waals surface area contributed by atoms with Crippen molar-refractivity contribution in [2.75, 3.05) is 71.9 Å². The molecule has 0 atom stereocenters. The van der Waals surface area contributed by atoms with Crippen molar-refractivity contribution in [3.8, 4) is 5.88 Å². The number of carbonyl (C=O) groups excluding carboxylic acids is 2. The Labute approximate surface area is 264 Å². The third kappa shape index (κ3) is 13.3. The number of nitrogens with one attached hydrogen (secondary N) is 2. The number of amides is 1. The predicted molar refractivity (Wildman–Crippen MR) is 181 cm³/mol. The molecule has 0 spiro atoms. The first kappa shape index (κ1) is 36.5.